The van der Waals surface area contributed by atoms with Crippen LogP contribution in [0.5, 0.6) is 0 Å². The van der Waals surface area contributed by atoms with E-state index >= 15 is 0 Å². The number of rotatable bonds is 9. The highest BCUT2D eigenvalue weighted by molar-refractivity contribution is 7.89. The fourth-order valence-electron chi connectivity index (χ4n) is 1.74. The molecule has 0 aliphatic carbocycles. The van der Waals surface area contributed by atoms with Gasteiger partial charge < -0.3 is 10.1 Å². The summed E-state index contributed by atoms with van der Waals surface area (Å²) in [7, 11) is -2.14. The minimum absolute atomic E-state index is 0.0695. The Morgan fingerprint density at radius 1 is 1.27 bits per heavy atom. The van der Waals surface area contributed by atoms with Crippen molar-refractivity contribution in [2.24, 2.45) is 5.92 Å². The van der Waals surface area contributed by atoms with Crippen molar-refractivity contribution in [2.75, 3.05) is 26.8 Å². The number of amides is 1. The van der Waals surface area contributed by atoms with Crippen LogP contribution in [0.4, 0.5) is 0 Å². The fourth-order valence-corrected chi connectivity index (χ4v) is 2.80. The number of sulfonamides is 1. The number of ether oxygens (including phenoxy) is 1. The average Bonchev–Trinajstić information content (AvgIpc) is 2.47. The van der Waals surface area contributed by atoms with Crippen molar-refractivity contribution in [1.82, 2.24) is 10.0 Å². The Balaban J connectivity index is 2.74. The normalized spacial score (nSPS) is 11.6. The van der Waals surface area contributed by atoms with Gasteiger partial charge in [0.05, 0.1) is 11.5 Å². The second-order valence-corrected chi connectivity index (χ2v) is 7.12. The third-order valence-electron chi connectivity index (χ3n) is 3.01. The summed E-state index contributed by atoms with van der Waals surface area (Å²) in [5, 5.41) is 2.79. The molecule has 124 valence electrons. The molecule has 0 aliphatic rings. The second-order valence-electron chi connectivity index (χ2n) is 5.36. The molecule has 0 spiro atoms. The van der Waals surface area contributed by atoms with Crippen molar-refractivity contribution in [3.63, 3.8) is 0 Å². The number of hydrogen-bond donors (Lipinski definition) is 2. The van der Waals surface area contributed by atoms with Crippen LogP contribution >= 0.6 is 0 Å². The number of methoxy groups -OCH3 is 1. The van der Waals surface area contributed by atoms with E-state index in [1.54, 1.807) is 12.1 Å². The molecular weight excluding hydrogens is 304 g/mol. The van der Waals surface area contributed by atoms with Crippen LogP contribution in [0.3, 0.4) is 0 Å². The lowest BCUT2D eigenvalue weighted by Gasteiger charge is -2.09. The van der Waals surface area contributed by atoms with E-state index in [0.717, 1.165) is 6.42 Å². The number of carbonyl (C=O) groups excluding carboxylic acids is 1. The predicted octanol–water partition coefficient (Wildman–Crippen LogP) is 1.39. The summed E-state index contributed by atoms with van der Waals surface area (Å²) in [6.45, 7) is 5.19. The summed E-state index contributed by atoms with van der Waals surface area (Å²) in [5.41, 5.74) is 0.332. The van der Waals surface area contributed by atoms with Gasteiger partial charge in [0.2, 0.25) is 10.0 Å². The first-order valence-corrected chi connectivity index (χ1v) is 8.72. The molecule has 0 saturated heterocycles. The van der Waals surface area contributed by atoms with Crippen LogP contribution in [0.1, 0.15) is 30.6 Å². The number of carbonyl (C=O) groups is 1. The summed E-state index contributed by atoms with van der Waals surface area (Å²) in [6.07, 6.45) is 0.877. The van der Waals surface area contributed by atoms with E-state index in [-0.39, 0.29) is 24.0 Å². The second kappa shape index (κ2) is 8.87. The summed E-state index contributed by atoms with van der Waals surface area (Å²) in [4.78, 5) is 12.1. The molecule has 0 fully saturated rings. The molecule has 2 N–H and O–H groups in total. The molecule has 0 heterocycles. The first-order valence-electron chi connectivity index (χ1n) is 7.23. The van der Waals surface area contributed by atoms with Gasteiger partial charge in [0.25, 0.3) is 5.91 Å². The van der Waals surface area contributed by atoms with Gasteiger partial charge >= 0.3 is 0 Å². The van der Waals surface area contributed by atoms with E-state index in [0.29, 0.717) is 18.0 Å². The Bertz CT molecular complexity index is 585. The third-order valence-corrected chi connectivity index (χ3v) is 4.47. The highest BCUT2D eigenvalue weighted by Gasteiger charge is 2.15. The summed E-state index contributed by atoms with van der Waals surface area (Å²) >= 11 is 0. The van der Waals surface area contributed by atoms with Gasteiger partial charge in [-0.3, -0.25) is 4.79 Å². The fraction of sp³-hybridized carbons (Fsp3) is 0.533. The van der Waals surface area contributed by atoms with E-state index in [4.69, 9.17) is 4.74 Å². The lowest BCUT2D eigenvalue weighted by molar-refractivity contribution is 0.0952. The Hall–Kier alpha value is -1.44. The van der Waals surface area contributed by atoms with Crippen molar-refractivity contribution < 1.29 is 17.9 Å². The molecule has 0 atom stereocenters. The van der Waals surface area contributed by atoms with E-state index < -0.39 is 10.0 Å². The molecular formula is C15H24N2O4S. The molecule has 1 amide bonds. The van der Waals surface area contributed by atoms with Gasteiger partial charge in [-0.05, 0) is 30.5 Å². The van der Waals surface area contributed by atoms with Crippen molar-refractivity contribution in [3.8, 4) is 0 Å². The van der Waals surface area contributed by atoms with E-state index in [1.807, 2.05) is 0 Å². The Morgan fingerprint density at radius 3 is 2.64 bits per heavy atom. The third kappa shape index (κ3) is 6.13. The van der Waals surface area contributed by atoms with Gasteiger partial charge in [-0.25, -0.2) is 13.1 Å². The van der Waals surface area contributed by atoms with Crippen molar-refractivity contribution >= 4 is 15.9 Å². The van der Waals surface area contributed by atoms with Crippen LogP contribution in [0.2, 0.25) is 0 Å². The Morgan fingerprint density at radius 2 is 2.00 bits per heavy atom. The molecule has 0 saturated carbocycles. The number of nitrogens with one attached hydrogen (secondary N) is 2. The van der Waals surface area contributed by atoms with Crippen LogP contribution in [0.15, 0.2) is 29.2 Å². The molecule has 0 bridgehead atoms. The first-order chi connectivity index (χ1) is 10.4. The van der Waals surface area contributed by atoms with Crippen LogP contribution in [0.25, 0.3) is 0 Å². The maximum atomic E-state index is 12.1. The van der Waals surface area contributed by atoms with E-state index in [2.05, 4.69) is 23.9 Å². The predicted molar refractivity (Wildman–Crippen MR) is 85.3 cm³/mol. The Kier molecular flexibility index (Phi) is 7.50. The van der Waals surface area contributed by atoms with Crippen LogP contribution in [-0.4, -0.2) is 41.1 Å². The lowest BCUT2D eigenvalue weighted by Crippen LogP contribution is -2.28. The van der Waals surface area contributed by atoms with Gasteiger partial charge in [-0.1, -0.05) is 19.9 Å². The van der Waals surface area contributed by atoms with Crippen molar-refractivity contribution in [2.45, 2.75) is 25.2 Å². The van der Waals surface area contributed by atoms with Crippen LogP contribution in [-0.2, 0) is 14.8 Å². The molecule has 22 heavy (non-hydrogen) atoms. The van der Waals surface area contributed by atoms with Crippen molar-refractivity contribution in [3.05, 3.63) is 29.8 Å². The smallest absolute Gasteiger partial charge is 0.251 e. The highest BCUT2D eigenvalue weighted by Crippen LogP contribution is 2.11. The van der Waals surface area contributed by atoms with Gasteiger partial charge in [-0.2, -0.15) is 0 Å². The summed E-state index contributed by atoms with van der Waals surface area (Å²) in [5.74, 6) is 0.228. The zero-order valence-electron chi connectivity index (χ0n) is 13.3. The molecule has 1 aromatic rings. The highest BCUT2D eigenvalue weighted by atomic mass is 32.2. The van der Waals surface area contributed by atoms with Gasteiger partial charge in [0.15, 0.2) is 0 Å². The topological polar surface area (TPSA) is 84.5 Å². The van der Waals surface area contributed by atoms with Crippen molar-refractivity contribution in [1.29, 1.82) is 0 Å². The van der Waals surface area contributed by atoms with Crippen LogP contribution in [0, 0.1) is 5.92 Å². The largest absolute Gasteiger partial charge is 0.383 e. The zero-order chi connectivity index (χ0) is 16.6. The molecule has 1 aromatic carbocycles. The average molecular weight is 328 g/mol. The minimum atomic E-state index is -3.63. The maximum absolute atomic E-state index is 12.1. The van der Waals surface area contributed by atoms with Gasteiger partial charge in [0.1, 0.15) is 0 Å². The molecule has 0 aromatic heterocycles. The SMILES string of the molecule is COCCNS(=O)(=O)c1cccc(C(=O)NCCC(C)C)c1. The van der Waals surface area contributed by atoms with Gasteiger partial charge in [0, 0.05) is 25.8 Å². The molecule has 1 rings (SSSR count). The number of benzene rings is 1. The number of hydrogen-bond acceptors (Lipinski definition) is 4. The van der Waals surface area contributed by atoms with E-state index in [9.17, 15) is 13.2 Å². The van der Waals surface area contributed by atoms with Gasteiger partial charge in [-0.15, -0.1) is 0 Å². The first kappa shape index (κ1) is 18.6. The summed E-state index contributed by atoms with van der Waals surface area (Å²) in [6, 6.07) is 5.99. The lowest BCUT2D eigenvalue weighted by atomic mass is 10.1. The molecule has 6 nitrogen and oxygen atoms in total. The Labute approximate surface area is 132 Å². The molecule has 0 unspecified atom stereocenters. The standard InChI is InChI=1S/C15H24N2O4S/c1-12(2)7-8-16-15(18)13-5-4-6-14(11-13)22(19,20)17-9-10-21-3/h4-6,11-12,17H,7-10H2,1-3H3,(H,16,18). The molecule has 0 aliphatic heterocycles. The quantitative estimate of drug-likeness (QED) is 0.671. The van der Waals surface area contributed by atoms with E-state index in [1.165, 1.54) is 19.2 Å². The van der Waals surface area contributed by atoms with Crippen LogP contribution < -0.4 is 10.0 Å². The zero-order valence-corrected chi connectivity index (χ0v) is 14.1. The minimum Gasteiger partial charge on any atom is -0.383 e. The maximum Gasteiger partial charge on any atom is 0.251 e. The monoisotopic (exact) mass is 328 g/mol. The molecule has 7 heteroatoms. The summed E-state index contributed by atoms with van der Waals surface area (Å²) < 4.78 is 31.4. The molecule has 0 radical (unpaired) electrons.